The molecule has 11 heteroatoms. The van der Waals surface area contributed by atoms with Crippen LogP contribution in [-0.4, -0.2) is 38.5 Å². The first-order valence-corrected chi connectivity index (χ1v) is 7.54. The van der Waals surface area contributed by atoms with Crippen LogP contribution in [0, 0.1) is 11.6 Å². The van der Waals surface area contributed by atoms with Crippen LogP contribution in [0.15, 0.2) is 21.5 Å². The largest absolute Gasteiger partial charge is 0.480 e. The molecule has 1 aromatic rings. The van der Waals surface area contributed by atoms with Crippen molar-refractivity contribution in [3.63, 3.8) is 0 Å². The van der Waals surface area contributed by atoms with E-state index in [4.69, 9.17) is 5.11 Å². The summed E-state index contributed by atoms with van der Waals surface area (Å²) in [6.07, 6.45) is 0. The normalized spacial score (nSPS) is 11.2. The van der Waals surface area contributed by atoms with Gasteiger partial charge in [0, 0.05) is 10.5 Å². The van der Waals surface area contributed by atoms with Crippen LogP contribution in [0.4, 0.5) is 8.78 Å². The first kappa shape index (κ1) is 17.5. The van der Waals surface area contributed by atoms with E-state index >= 15 is 0 Å². The van der Waals surface area contributed by atoms with Gasteiger partial charge in [-0.3, -0.25) is 9.59 Å². The van der Waals surface area contributed by atoms with E-state index in [2.05, 4.69) is 15.9 Å². The Bertz CT molecular complexity index is 657. The molecular formula is C10H9BrF2N2O5S. The van der Waals surface area contributed by atoms with Crippen molar-refractivity contribution in [1.82, 2.24) is 10.0 Å². The lowest BCUT2D eigenvalue weighted by molar-refractivity contribution is -0.137. The molecule has 0 spiro atoms. The lowest BCUT2D eigenvalue weighted by Gasteiger charge is -2.09. The van der Waals surface area contributed by atoms with Crippen molar-refractivity contribution in [3.05, 3.63) is 28.2 Å². The number of carboxylic acid groups (broad SMARTS) is 1. The number of nitrogens with one attached hydrogen (secondary N) is 2. The van der Waals surface area contributed by atoms with E-state index in [1.807, 2.05) is 5.32 Å². The molecule has 0 aliphatic heterocycles. The van der Waals surface area contributed by atoms with E-state index in [1.165, 1.54) is 0 Å². The van der Waals surface area contributed by atoms with Crippen LogP contribution < -0.4 is 10.0 Å². The molecule has 0 heterocycles. The summed E-state index contributed by atoms with van der Waals surface area (Å²) in [6.45, 7) is -1.48. The van der Waals surface area contributed by atoms with Gasteiger partial charge in [-0.2, -0.15) is 0 Å². The van der Waals surface area contributed by atoms with Crippen LogP contribution in [0.5, 0.6) is 0 Å². The fourth-order valence-corrected chi connectivity index (χ4v) is 3.40. The third-order valence-corrected chi connectivity index (χ3v) is 4.46. The zero-order valence-electron chi connectivity index (χ0n) is 10.2. The molecule has 0 unspecified atom stereocenters. The zero-order valence-corrected chi connectivity index (χ0v) is 12.6. The molecule has 0 atom stereocenters. The highest BCUT2D eigenvalue weighted by atomic mass is 79.9. The Hall–Kier alpha value is -1.59. The summed E-state index contributed by atoms with van der Waals surface area (Å²) in [5.41, 5.74) is 0. The molecule has 0 aromatic heterocycles. The minimum Gasteiger partial charge on any atom is -0.480 e. The first-order chi connectivity index (χ1) is 9.63. The maximum Gasteiger partial charge on any atom is 0.322 e. The Balaban J connectivity index is 2.84. The molecule has 3 N–H and O–H groups in total. The number of hydrogen-bond acceptors (Lipinski definition) is 4. The van der Waals surface area contributed by atoms with Crippen molar-refractivity contribution in [2.75, 3.05) is 13.1 Å². The SMILES string of the molecule is O=C(O)CNC(=O)CNS(=O)(=O)c1c(F)cc(F)cc1Br. The number of carbonyl (C=O) groups excluding carboxylic acids is 1. The van der Waals surface area contributed by atoms with Crippen LogP contribution in [-0.2, 0) is 19.6 Å². The van der Waals surface area contributed by atoms with Gasteiger partial charge in [-0.1, -0.05) is 0 Å². The van der Waals surface area contributed by atoms with E-state index in [0.29, 0.717) is 6.07 Å². The van der Waals surface area contributed by atoms with Gasteiger partial charge in [0.2, 0.25) is 15.9 Å². The van der Waals surface area contributed by atoms with Gasteiger partial charge in [0.1, 0.15) is 23.1 Å². The van der Waals surface area contributed by atoms with Crippen LogP contribution in [0.3, 0.4) is 0 Å². The Morgan fingerprint density at radius 1 is 1.24 bits per heavy atom. The minimum absolute atomic E-state index is 0.349. The lowest BCUT2D eigenvalue weighted by Crippen LogP contribution is -2.39. The smallest absolute Gasteiger partial charge is 0.322 e. The number of halogens is 3. The Morgan fingerprint density at radius 3 is 2.38 bits per heavy atom. The molecule has 1 rings (SSSR count). The molecule has 1 aromatic carbocycles. The predicted octanol–water partition coefficient (Wildman–Crippen LogP) is 0.206. The number of aliphatic carboxylic acids is 1. The molecule has 116 valence electrons. The summed E-state index contributed by atoms with van der Waals surface area (Å²) in [5, 5.41) is 10.2. The molecule has 0 fully saturated rings. The van der Waals surface area contributed by atoms with Gasteiger partial charge in [0.15, 0.2) is 0 Å². The third-order valence-electron chi connectivity index (χ3n) is 2.09. The van der Waals surface area contributed by atoms with Crippen LogP contribution >= 0.6 is 15.9 Å². The molecule has 0 saturated heterocycles. The van der Waals surface area contributed by atoms with Gasteiger partial charge in [-0.25, -0.2) is 21.9 Å². The molecule has 1 amide bonds. The number of hydrogen-bond donors (Lipinski definition) is 3. The van der Waals surface area contributed by atoms with Gasteiger partial charge < -0.3 is 10.4 Å². The van der Waals surface area contributed by atoms with Crippen LogP contribution in [0.2, 0.25) is 0 Å². The van der Waals surface area contributed by atoms with Crippen LogP contribution in [0.25, 0.3) is 0 Å². The summed E-state index contributed by atoms with van der Waals surface area (Å²) in [5.74, 6) is -4.53. The summed E-state index contributed by atoms with van der Waals surface area (Å²) < 4.78 is 51.5. The molecular weight excluding hydrogens is 378 g/mol. The quantitative estimate of drug-likeness (QED) is 0.646. The van der Waals surface area contributed by atoms with Gasteiger partial charge in [0.25, 0.3) is 0 Å². The highest BCUT2D eigenvalue weighted by molar-refractivity contribution is 9.10. The van der Waals surface area contributed by atoms with E-state index in [1.54, 1.807) is 4.72 Å². The summed E-state index contributed by atoms with van der Waals surface area (Å²) in [6, 6.07) is 1.13. The molecule has 0 saturated carbocycles. The Kier molecular flexibility index (Phi) is 5.75. The molecule has 0 bridgehead atoms. The predicted molar refractivity (Wildman–Crippen MR) is 69.9 cm³/mol. The topological polar surface area (TPSA) is 113 Å². The summed E-state index contributed by atoms with van der Waals surface area (Å²) in [7, 11) is -4.42. The van der Waals surface area contributed by atoms with Crippen molar-refractivity contribution in [2.24, 2.45) is 0 Å². The fourth-order valence-electron chi connectivity index (χ4n) is 1.26. The third kappa shape index (κ3) is 5.02. The fraction of sp³-hybridized carbons (Fsp3) is 0.200. The average molecular weight is 387 g/mol. The van der Waals surface area contributed by atoms with Gasteiger partial charge in [0.05, 0.1) is 6.54 Å². The Morgan fingerprint density at radius 2 is 1.86 bits per heavy atom. The van der Waals surface area contributed by atoms with E-state index < -0.39 is 51.5 Å². The zero-order chi connectivity index (χ0) is 16.2. The van der Waals surface area contributed by atoms with Crippen molar-refractivity contribution in [3.8, 4) is 0 Å². The Labute approximate surface area is 126 Å². The van der Waals surface area contributed by atoms with Gasteiger partial charge in [-0.15, -0.1) is 0 Å². The van der Waals surface area contributed by atoms with Gasteiger partial charge >= 0.3 is 5.97 Å². The number of benzene rings is 1. The summed E-state index contributed by atoms with van der Waals surface area (Å²) >= 11 is 2.71. The summed E-state index contributed by atoms with van der Waals surface area (Å²) in [4.78, 5) is 20.5. The number of sulfonamides is 1. The van der Waals surface area contributed by atoms with E-state index in [-0.39, 0.29) is 4.47 Å². The van der Waals surface area contributed by atoms with Crippen molar-refractivity contribution >= 4 is 37.8 Å². The van der Waals surface area contributed by atoms with Crippen molar-refractivity contribution in [1.29, 1.82) is 0 Å². The van der Waals surface area contributed by atoms with Crippen molar-refractivity contribution in [2.45, 2.75) is 4.90 Å². The monoisotopic (exact) mass is 386 g/mol. The second-order valence-electron chi connectivity index (χ2n) is 3.69. The van der Waals surface area contributed by atoms with E-state index in [9.17, 15) is 26.8 Å². The second kappa shape index (κ2) is 6.91. The van der Waals surface area contributed by atoms with E-state index in [0.717, 1.165) is 6.07 Å². The highest BCUT2D eigenvalue weighted by Gasteiger charge is 2.24. The standard InChI is InChI=1S/C10H9BrF2N2O5S/c11-6-1-5(12)2-7(13)10(6)21(19,20)15-3-8(16)14-4-9(17)18/h1-2,15H,3-4H2,(H,14,16)(H,17,18). The molecule has 0 aliphatic rings. The maximum atomic E-state index is 13.5. The molecule has 0 aliphatic carbocycles. The number of carboxylic acids is 1. The van der Waals surface area contributed by atoms with Gasteiger partial charge in [-0.05, 0) is 22.0 Å². The van der Waals surface area contributed by atoms with Crippen molar-refractivity contribution < 1.29 is 31.9 Å². The second-order valence-corrected chi connectivity index (χ2v) is 6.25. The maximum absolute atomic E-state index is 13.5. The lowest BCUT2D eigenvalue weighted by atomic mass is 10.3. The average Bonchev–Trinajstić information content (AvgIpc) is 2.32. The minimum atomic E-state index is -4.42. The number of amides is 1. The first-order valence-electron chi connectivity index (χ1n) is 5.26. The molecule has 0 radical (unpaired) electrons. The highest BCUT2D eigenvalue weighted by Crippen LogP contribution is 2.25. The number of rotatable bonds is 6. The number of carbonyl (C=O) groups is 2. The molecule has 21 heavy (non-hydrogen) atoms. The van der Waals surface area contributed by atoms with Crippen LogP contribution in [0.1, 0.15) is 0 Å². The molecule has 7 nitrogen and oxygen atoms in total.